The highest BCUT2D eigenvalue weighted by atomic mass is 35.5. The molecule has 1 aromatic rings. The van der Waals surface area contributed by atoms with Gasteiger partial charge in [-0.25, -0.2) is 0 Å². The van der Waals surface area contributed by atoms with Gasteiger partial charge in [-0.3, -0.25) is 0 Å². The van der Waals surface area contributed by atoms with E-state index in [2.05, 4.69) is 19.2 Å². The first-order valence-corrected chi connectivity index (χ1v) is 9.13. The van der Waals surface area contributed by atoms with E-state index in [4.69, 9.17) is 23.2 Å². The summed E-state index contributed by atoms with van der Waals surface area (Å²) in [6.07, 6.45) is 10.5. The van der Waals surface area contributed by atoms with Crippen molar-refractivity contribution in [2.24, 2.45) is 0 Å². The second-order valence-electron chi connectivity index (χ2n) is 5.69. The van der Waals surface area contributed by atoms with Gasteiger partial charge in [0.05, 0.1) is 0 Å². The van der Waals surface area contributed by atoms with Crippen LogP contribution in [0.25, 0.3) is 0 Å². The summed E-state index contributed by atoms with van der Waals surface area (Å²) in [6.45, 7) is 5.34. The molecule has 3 heteroatoms. The van der Waals surface area contributed by atoms with Crippen LogP contribution in [0.3, 0.4) is 0 Å². The normalized spacial score (nSPS) is 12.6. The Hall–Kier alpha value is -0.240. The molecule has 0 fully saturated rings. The molecule has 0 spiro atoms. The highest BCUT2D eigenvalue weighted by molar-refractivity contribution is 6.33. The zero-order valence-electron chi connectivity index (χ0n) is 13.4. The fraction of sp³-hybridized carbons (Fsp3) is 0.667. The van der Waals surface area contributed by atoms with E-state index in [1.807, 2.05) is 18.2 Å². The summed E-state index contributed by atoms with van der Waals surface area (Å²) in [5.74, 6) is 0. The van der Waals surface area contributed by atoms with E-state index in [1.54, 1.807) is 0 Å². The van der Waals surface area contributed by atoms with Gasteiger partial charge in [-0.15, -0.1) is 0 Å². The van der Waals surface area contributed by atoms with E-state index in [1.165, 1.54) is 44.9 Å². The van der Waals surface area contributed by atoms with Gasteiger partial charge in [0.25, 0.3) is 0 Å². The molecule has 120 valence electrons. The first-order valence-electron chi connectivity index (χ1n) is 8.37. The van der Waals surface area contributed by atoms with Crippen LogP contribution in [0, 0.1) is 0 Å². The summed E-state index contributed by atoms with van der Waals surface area (Å²) in [6, 6.07) is 6.06. The molecule has 0 bridgehead atoms. The predicted octanol–water partition coefficient (Wildman–Crippen LogP) is 6.78. The van der Waals surface area contributed by atoms with Crippen LogP contribution in [0.15, 0.2) is 18.2 Å². The molecule has 0 aliphatic carbocycles. The summed E-state index contributed by atoms with van der Waals surface area (Å²) in [5, 5.41) is 5.11. The van der Waals surface area contributed by atoms with Gasteiger partial charge in [-0.05, 0) is 36.7 Å². The molecular weight excluding hydrogens is 301 g/mol. The minimum absolute atomic E-state index is 0.317. The van der Waals surface area contributed by atoms with Crippen molar-refractivity contribution in [2.45, 2.75) is 71.3 Å². The molecule has 0 saturated carbocycles. The number of rotatable bonds is 11. The van der Waals surface area contributed by atoms with Crippen LogP contribution in [-0.4, -0.2) is 6.54 Å². The van der Waals surface area contributed by atoms with Crippen LogP contribution < -0.4 is 5.32 Å². The second kappa shape index (κ2) is 11.3. The topological polar surface area (TPSA) is 12.0 Å². The Labute approximate surface area is 140 Å². The summed E-state index contributed by atoms with van der Waals surface area (Å²) in [4.78, 5) is 0. The van der Waals surface area contributed by atoms with E-state index in [-0.39, 0.29) is 0 Å². The van der Waals surface area contributed by atoms with Crippen molar-refractivity contribution < 1.29 is 0 Å². The molecule has 0 radical (unpaired) electrons. The zero-order chi connectivity index (χ0) is 15.5. The van der Waals surface area contributed by atoms with Crippen molar-refractivity contribution in [2.75, 3.05) is 6.54 Å². The molecule has 1 unspecified atom stereocenters. The van der Waals surface area contributed by atoms with Crippen LogP contribution in [-0.2, 0) is 0 Å². The first kappa shape index (κ1) is 18.8. The van der Waals surface area contributed by atoms with Crippen LogP contribution in [0.4, 0.5) is 0 Å². The zero-order valence-corrected chi connectivity index (χ0v) is 14.9. The lowest BCUT2D eigenvalue weighted by atomic mass is 9.99. The molecule has 1 aromatic carbocycles. The summed E-state index contributed by atoms with van der Waals surface area (Å²) < 4.78 is 0. The van der Waals surface area contributed by atoms with E-state index >= 15 is 0 Å². The van der Waals surface area contributed by atoms with Gasteiger partial charge in [0, 0.05) is 16.1 Å². The third-order valence-electron chi connectivity index (χ3n) is 3.88. The predicted molar refractivity (Wildman–Crippen MR) is 95.5 cm³/mol. The molecule has 21 heavy (non-hydrogen) atoms. The van der Waals surface area contributed by atoms with Crippen LogP contribution in [0.5, 0.6) is 0 Å². The molecular formula is C18H29Cl2N. The van der Waals surface area contributed by atoms with Crippen LogP contribution >= 0.6 is 23.2 Å². The number of unbranched alkanes of at least 4 members (excludes halogenated alkanes) is 6. The fourth-order valence-electron chi connectivity index (χ4n) is 2.70. The lowest BCUT2D eigenvalue weighted by Gasteiger charge is -2.20. The minimum Gasteiger partial charge on any atom is -0.310 e. The van der Waals surface area contributed by atoms with Crippen LogP contribution in [0.2, 0.25) is 10.0 Å². The van der Waals surface area contributed by atoms with Crippen molar-refractivity contribution in [3.63, 3.8) is 0 Å². The summed E-state index contributed by atoms with van der Waals surface area (Å²) >= 11 is 12.4. The Balaban J connectivity index is 2.41. The fourth-order valence-corrected chi connectivity index (χ4v) is 3.13. The highest BCUT2D eigenvalue weighted by Crippen LogP contribution is 2.29. The molecule has 0 amide bonds. The van der Waals surface area contributed by atoms with Crippen molar-refractivity contribution in [1.82, 2.24) is 5.32 Å². The number of hydrogen-bond acceptors (Lipinski definition) is 1. The number of hydrogen-bond donors (Lipinski definition) is 1. The van der Waals surface area contributed by atoms with E-state index in [9.17, 15) is 0 Å². The Bertz CT molecular complexity index is 393. The van der Waals surface area contributed by atoms with E-state index in [0.29, 0.717) is 6.04 Å². The smallest absolute Gasteiger partial charge is 0.0454 e. The maximum absolute atomic E-state index is 6.33. The minimum atomic E-state index is 0.317. The Morgan fingerprint density at radius 1 is 0.952 bits per heavy atom. The van der Waals surface area contributed by atoms with Gasteiger partial charge in [0.2, 0.25) is 0 Å². The van der Waals surface area contributed by atoms with Crippen molar-refractivity contribution in [1.29, 1.82) is 0 Å². The van der Waals surface area contributed by atoms with E-state index < -0.39 is 0 Å². The Morgan fingerprint density at radius 2 is 1.62 bits per heavy atom. The van der Waals surface area contributed by atoms with Crippen molar-refractivity contribution >= 4 is 23.2 Å². The molecule has 0 aromatic heterocycles. The van der Waals surface area contributed by atoms with Gasteiger partial charge in [-0.1, -0.05) is 82.0 Å². The van der Waals surface area contributed by atoms with Gasteiger partial charge in [0.15, 0.2) is 0 Å². The molecule has 0 aliphatic heterocycles. The standard InChI is InChI=1S/C18H29Cl2N/c1-3-5-6-7-8-9-10-11-18(21-4-2)16-14-15(19)12-13-17(16)20/h12-14,18,21H,3-11H2,1-2H3. The molecule has 1 atom stereocenters. The SMILES string of the molecule is CCCCCCCCCC(NCC)c1cc(Cl)ccc1Cl. The second-order valence-corrected chi connectivity index (χ2v) is 6.53. The van der Waals surface area contributed by atoms with E-state index in [0.717, 1.165) is 28.6 Å². The maximum atomic E-state index is 6.33. The van der Waals surface area contributed by atoms with Crippen LogP contribution in [0.1, 0.15) is 76.8 Å². The average molecular weight is 330 g/mol. The monoisotopic (exact) mass is 329 g/mol. The maximum Gasteiger partial charge on any atom is 0.0454 e. The quantitative estimate of drug-likeness (QED) is 0.441. The molecule has 0 saturated heterocycles. The molecule has 0 aliphatic rings. The molecule has 1 N–H and O–H groups in total. The van der Waals surface area contributed by atoms with Gasteiger partial charge in [-0.2, -0.15) is 0 Å². The number of halogens is 2. The number of nitrogens with one attached hydrogen (secondary N) is 1. The first-order chi connectivity index (χ1) is 10.2. The lowest BCUT2D eigenvalue weighted by Crippen LogP contribution is -2.21. The lowest BCUT2D eigenvalue weighted by molar-refractivity contribution is 0.476. The van der Waals surface area contributed by atoms with Gasteiger partial charge >= 0.3 is 0 Å². The largest absolute Gasteiger partial charge is 0.310 e. The van der Waals surface area contributed by atoms with Gasteiger partial charge in [0.1, 0.15) is 0 Å². The third-order valence-corrected chi connectivity index (χ3v) is 4.46. The van der Waals surface area contributed by atoms with Gasteiger partial charge < -0.3 is 5.32 Å². The third kappa shape index (κ3) is 7.54. The molecule has 1 rings (SSSR count). The Kier molecular flexibility index (Phi) is 10.2. The molecule has 0 heterocycles. The number of benzene rings is 1. The average Bonchev–Trinajstić information content (AvgIpc) is 2.48. The van der Waals surface area contributed by atoms with Crippen molar-refractivity contribution in [3.8, 4) is 0 Å². The van der Waals surface area contributed by atoms with Crippen molar-refractivity contribution in [3.05, 3.63) is 33.8 Å². The summed E-state index contributed by atoms with van der Waals surface area (Å²) in [5.41, 5.74) is 1.14. The Morgan fingerprint density at radius 3 is 2.29 bits per heavy atom. The molecule has 1 nitrogen and oxygen atoms in total. The highest BCUT2D eigenvalue weighted by Gasteiger charge is 2.13. The summed E-state index contributed by atoms with van der Waals surface area (Å²) in [7, 11) is 0.